The van der Waals surface area contributed by atoms with Crippen LogP contribution in [0.3, 0.4) is 0 Å². The fourth-order valence-electron chi connectivity index (χ4n) is 3.57. The van der Waals surface area contributed by atoms with Crippen molar-refractivity contribution in [2.45, 2.75) is 45.4 Å². The minimum absolute atomic E-state index is 0.235. The lowest BCUT2D eigenvalue weighted by Gasteiger charge is -2.30. The lowest BCUT2D eigenvalue weighted by molar-refractivity contribution is 0.436. The van der Waals surface area contributed by atoms with E-state index in [0.29, 0.717) is 4.90 Å². The van der Waals surface area contributed by atoms with Gasteiger partial charge in [-0.2, -0.15) is 0 Å². The van der Waals surface area contributed by atoms with E-state index in [1.54, 1.807) is 19.9 Å². The third-order valence-corrected chi connectivity index (χ3v) is 6.53. The van der Waals surface area contributed by atoms with Crippen molar-refractivity contribution in [1.29, 1.82) is 0 Å². The highest BCUT2D eigenvalue weighted by atomic mass is 32.2. The second kappa shape index (κ2) is 7.23. The summed E-state index contributed by atoms with van der Waals surface area (Å²) in [5.41, 5.74) is 2.49. The van der Waals surface area contributed by atoms with Crippen LogP contribution in [0.1, 0.15) is 36.5 Å². The quantitative estimate of drug-likeness (QED) is 0.887. The number of sulfonamides is 1. The van der Waals surface area contributed by atoms with E-state index in [-0.39, 0.29) is 5.82 Å². The van der Waals surface area contributed by atoms with Gasteiger partial charge < -0.3 is 4.90 Å². The summed E-state index contributed by atoms with van der Waals surface area (Å²) in [6, 6.07) is 7.24. The van der Waals surface area contributed by atoms with Crippen molar-refractivity contribution in [2.75, 3.05) is 22.7 Å². The molecule has 1 aromatic carbocycles. The van der Waals surface area contributed by atoms with Gasteiger partial charge in [-0.05, 0) is 62.8 Å². The maximum atomic E-state index is 12.8. The van der Waals surface area contributed by atoms with Crippen molar-refractivity contribution < 1.29 is 8.42 Å². The molecular weight excluding hydrogens is 348 g/mol. The van der Waals surface area contributed by atoms with Crippen LogP contribution in [-0.4, -0.2) is 31.7 Å². The number of nitrogens with zero attached hydrogens (tertiary/aromatic N) is 3. The van der Waals surface area contributed by atoms with Gasteiger partial charge in [-0.25, -0.2) is 8.42 Å². The van der Waals surface area contributed by atoms with Crippen LogP contribution in [0, 0.1) is 26.7 Å². The van der Waals surface area contributed by atoms with Crippen LogP contribution in [0.15, 0.2) is 29.2 Å². The monoisotopic (exact) mass is 374 g/mol. The average Bonchev–Trinajstić information content (AvgIpc) is 2.54. The van der Waals surface area contributed by atoms with Gasteiger partial charge in [-0.3, -0.25) is 4.72 Å². The Morgan fingerprint density at radius 1 is 1.04 bits per heavy atom. The molecule has 0 atom stereocenters. The Bertz CT molecular complexity index is 863. The van der Waals surface area contributed by atoms with Crippen molar-refractivity contribution in [2.24, 2.45) is 5.92 Å². The molecule has 140 valence electrons. The van der Waals surface area contributed by atoms with Gasteiger partial charge in [-0.15, -0.1) is 10.2 Å². The van der Waals surface area contributed by atoms with Crippen molar-refractivity contribution in [3.63, 3.8) is 0 Å². The van der Waals surface area contributed by atoms with Crippen molar-refractivity contribution in [3.8, 4) is 0 Å². The normalized spacial score (nSPS) is 15.9. The summed E-state index contributed by atoms with van der Waals surface area (Å²) in [6.07, 6.45) is 2.28. The molecule has 0 amide bonds. The molecule has 3 rings (SSSR count). The van der Waals surface area contributed by atoms with Gasteiger partial charge in [0.2, 0.25) is 0 Å². The molecule has 2 aromatic rings. The first-order chi connectivity index (χ1) is 12.3. The van der Waals surface area contributed by atoms with Crippen LogP contribution in [0.2, 0.25) is 0 Å². The molecule has 26 heavy (non-hydrogen) atoms. The predicted octanol–water partition coefficient (Wildman–Crippen LogP) is 3.44. The number of nitrogens with one attached hydrogen (secondary N) is 1. The average molecular weight is 375 g/mol. The molecule has 1 aliphatic heterocycles. The van der Waals surface area contributed by atoms with Crippen LogP contribution >= 0.6 is 0 Å². The van der Waals surface area contributed by atoms with Crippen molar-refractivity contribution in [1.82, 2.24) is 10.2 Å². The zero-order valence-electron chi connectivity index (χ0n) is 15.8. The Morgan fingerprint density at radius 3 is 2.19 bits per heavy atom. The molecule has 6 nitrogen and oxygen atoms in total. The second-order valence-electron chi connectivity index (χ2n) is 7.28. The zero-order chi connectivity index (χ0) is 18.9. The maximum Gasteiger partial charge on any atom is 0.263 e. The number of aromatic nitrogens is 2. The fraction of sp³-hybridized carbons (Fsp3) is 0.474. The zero-order valence-corrected chi connectivity index (χ0v) is 16.6. The summed E-state index contributed by atoms with van der Waals surface area (Å²) in [6.45, 7) is 9.75. The van der Waals surface area contributed by atoms with Crippen LogP contribution < -0.4 is 9.62 Å². The van der Waals surface area contributed by atoms with Crippen LogP contribution in [0.25, 0.3) is 0 Å². The molecule has 0 unspecified atom stereocenters. The summed E-state index contributed by atoms with van der Waals surface area (Å²) in [7, 11) is -3.70. The number of hydrogen-bond donors (Lipinski definition) is 1. The lowest BCUT2D eigenvalue weighted by Crippen LogP contribution is -2.33. The predicted molar refractivity (Wildman–Crippen MR) is 104 cm³/mol. The number of hydrogen-bond acceptors (Lipinski definition) is 5. The van der Waals surface area contributed by atoms with Crippen molar-refractivity contribution in [3.05, 3.63) is 41.0 Å². The minimum Gasteiger partial charge on any atom is -0.355 e. The first-order valence-electron chi connectivity index (χ1n) is 8.95. The van der Waals surface area contributed by atoms with E-state index in [2.05, 4.69) is 26.7 Å². The first-order valence-corrected chi connectivity index (χ1v) is 10.4. The summed E-state index contributed by atoms with van der Waals surface area (Å²) >= 11 is 0. The summed E-state index contributed by atoms with van der Waals surface area (Å²) in [5, 5.41) is 8.29. The van der Waals surface area contributed by atoms with Gasteiger partial charge in [0.15, 0.2) is 11.6 Å². The number of anilines is 2. The maximum absolute atomic E-state index is 12.8. The fourth-order valence-corrected chi connectivity index (χ4v) is 5.02. The van der Waals surface area contributed by atoms with Gasteiger partial charge in [0, 0.05) is 13.1 Å². The molecule has 0 spiro atoms. The third kappa shape index (κ3) is 3.98. The first kappa shape index (κ1) is 18.6. The van der Waals surface area contributed by atoms with Crippen LogP contribution in [-0.2, 0) is 10.0 Å². The van der Waals surface area contributed by atoms with Gasteiger partial charge in [0.1, 0.15) is 0 Å². The van der Waals surface area contributed by atoms with Gasteiger partial charge in [0.25, 0.3) is 10.0 Å². The minimum atomic E-state index is -3.70. The Labute approximate surface area is 155 Å². The lowest BCUT2D eigenvalue weighted by atomic mass is 9.99. The molecule has 1 aliphatic rings. The number of rotatable bonds is 4. The van der Waals surface area contributed by atoms with E-state index in [0.717, 1.165) is 54.4 Å². The third-order valence-electron chi connectivity index (χ3n) is 4.87. The molecule has 1 aromatic heterocycles. The number of aryl methyl sites for hydroxylation is 3. The Kier molecular flexibility index (Phi) is 5.18. The largest absolute Gasteiger partial charge is 0.355 e. The van der Waals surface area contributed by atoms with Gasteiger partial charge >= 0.3 is 0 Å². The van der Waals surface area contributed by atoms with Crippen LogP contribution in [0.4, 0.5) is 11.6 Å². The van der Waals surface area contributed by atoms with E-state index in [1.807, 2.05) is 25.1 Å². The molecule has 0 bridgehead atoms. The molecular formula is C19H26N4O2S. The molecule has 0 saturated carbocycles. The standard InChI is InChI=1S/C19H26N4O2S/c1-13-7-9-23(10-8-13)18-6-5-17(20-21-18)22-26(24,25)19-15(3)11-14(2)12-16(19)4/h5-6,11-13H,7-10H2,1-4H3,(H,20,22). The number of benzene rings is 1. The van der Waals surface area contributed by atoms with Gasteiger partial charge in [-0.1, -0.05) is 24.6 Å². The highest BCUT2D eigenvalue weighted by molar-refractivity contribution is 7.92. The highest BCUT2D eigenvalue weighted by Gasteiger charge is 2.21. The SMILES string of the molecule is Cc1cc(C)c(S(=O)(=O)Nc2ccc(N3CCC(C)CC3)nn2)c(C)c1. The molecule has 1 N–H and O–H groups in total. The van der Waals surface area contributed by atoms with Crippen molar-refractivity contribution >= 4 is 21.7 Å². The second-order valence-corrected chi connectivity index (χ2v) is 8.90. The van der Waals surface area contributed by atoms with E-state index >= 15 is 0 Å². The Morgan fingerprint density at radius 2 is 1.65 bits per heavy atom. The summed E-state index contributed by atoms with van der Waals surface area (Å²) < 4.78 is 28.1. The smallest absolute Gasteiger partial charge is 0.263 e. The van der Waals surface area contributed by atoms with Crippen LogP contribution in [0.5, 0.6) is 0 Å². The molecule has 1 saturated heterocycles. The van der Waals surface area contributed by atoms with E-state index < -0.39 is 10.0 Å². The van der Waals surface area contributed by atoms with E-state index in [9.17, 15) is 8.42 Å². The number of piperidine rings is 1. The van der Waals surface area contributed by atoms with E-state index in [1.165, 1.54) is 0 Å². The summed E-state index contributed by atoms with van der Waals surface area (Å²) in [5.74, 6) is 1.77. The Hall–Kier alpha value is -2.15. The van der Waals surface area contributed by atoms with E-state index in [4.69, 9.17) is 0 Å². The topological polar surface area (TPSA) is 75.2 Å². The summed E-state index contributed by atoms with van der Waals surface area (Å²) in [4.78, 5) is 2.50. The molecule has 0 aliphatic carbocycles. The molecule has 0 radical (unpaired) electrons. The Balaban J connectivity index is 1.78. The van der Waals surface area contributed by atoms with Gasteiger partial charge in [0.05, 0.1) is 4.90 Å². The molecule has 2 heterocycles. The molecule has 1 fully saturated rings. The highest BCUT2D eigenvalue weighted by Crippen LogP contribution is 2.25. The molecule has 7 heteroatoms.